The topological polar surface area (TPSA) is 79.3 Å². The predicted molar refractivity (Wildman–Crippen MR) is 141 cm³/mol. The van der Waals surface area contributed by atoms with Crippen molar-refractivity contribution in [3.8, 4) is 11.5 Å². The molecular formula is C29H36N2O5. The third kappa shape index (κ3) is 6.15. The van der Waals surface area contributed by atoms with E-state index in [2.05, 4.69) is 25.3 Å². The van der Waals surface area contributed by atoms with Gasteiger partial charge in [0, 0.05) is 18.7 Å². The van der Waals surface area contributed by atoms with E-state index in [1.54, 1.807) is 41.3 Å². The van der Waals surface area contributed by atoms with Gasteiger partial charge in [0.15, 0.2) is 0 Å². The molecule has 2 aromatic rings. The van der Waals surface area contributed by atoms with Crippen LogP contribution in [0.25, 0.3) is 5.76 Å². The highest BCUT2D eigenvalue weighted by Gasteiger charge is 2.46. The molecule has 0 aromatic heterocycles. The Morgan fingerprint density at radius 2 is 1.78 bits per heavy atom. The molecule has 0 bridgehead atoms. The molecule has 0 radical (unpaired) electrons. The summed E-state index contributed by atoms with van der Waals surface area (Å²) in [6.07, 6.45) is 2.53. The molecule has 7 heteroatoms. The number of Topliss-reactive ketones (excluding diaryl/α,β-unsaturated/α-hetero) is 1. The molecule has 0 saturated carbocycles. The number of carbonyl (C=O) groups is 2. The number of hydrogen-bond donors (Lipinski definition) is 1. The maximum Gasteiger partial charge on any atom is 0.295 e. The molecule has 1 heterocycles. The minimum Gasteiger partial charge on any atom is -0.507 e. The van der Waals surface area contributed by atoms with E-state index < -0.39 is 17.7 Å². The van der Waals surface area contributed by atoms with Crippen LogP contribution < -0.4 is 9.47 Å². The Bertz CT molecular complexity index is 1090. The number of ether oxygens (including phenoxy) is 2. The third-order valence-corrected chi connectivity index (χ3v) is 6.23. The van der Waals surface area contributed by atoms with Crippen molar-refractivity contribution in [2.45, 2.75) is 33.2 Å². The zero-order chi connectivity index (χ0) is 26.1. The Kier molecular flexibility index (Phi) is 9.70. The van der Waals surface area contributed by atoms with Gasteiger partial charge in [-0.2, -0.15) is 0 Å². The summed E-state index contributed by atoms with van der Waals surface area (Å²) in [5.41, 5.74) is 1.21. The molecule has 1 N–H and O–H groups in total. The molecule has 1 aliphatic heterocycles. The number of benzene rings is 2. The number of ketones is 1. The number of carbonyl (C=O) groups excluding carboxylic acids is 2. The minimum absolute atomic E-state index is 0.0719. The standard InChI is InChI=1S/C29H36N2O5/c1-5-18-35-23-14-12-21(13-15-23)27(32)25-26(22-10-9-11-24(20-22)36-19-6-2)31(29(34)28(25)33)17-16-30(7-3)8-4/h6,9-15,20,26,32H,2,5,7-8,16-19H2,1,3-4H3/b27-25+. The van der Waals surface area contributed by atoms with Crippen molar-refractivity contribution in [2.75, 3.05) is 39.4 Å². The SMILES string of the molecule is C=CCOc1cccc(C2/C(=C(\O)c3ccc(OCCC)cc3)C(=O)C(=O)N2CCN(CC)CC)c1. The Hall–Kier alpha value is -3.58. The normalized spacial score (nSPS) is 17.0. The van der Waals surface area contributed by atoms with Crippen LogP contribution in [-0.2, 0) is 9.59 Å². The summed E-state index contributed by atoms with van der Waals surface area (Å²) in [6, 6.07) is 13.4. The molecule has 0 aliphatic carbocycles. The van der Waals surface area contributed by atoms with Crippen molar-refractivity contribution in [1.29, 1.82) is 0 Å². The van der Waals surface area contributed by atoms with E-state index in [0.717, 1.165) is 19.5 Å². The van der Waals surface area contributed by atoms with Crippen LogP contribution in [0.4, 0.5) is 0 Å². The first-order valence-electron chi connectivity index (χ1n) is 12.5. The summed E-state index contributed by atoms with van der Waals surface area (Å²) >= 11 is 0. The lowest BCUT2D eigenvalue weighted by Gasteiger charge is -2.28. The lowest BCUT2D eigenvalue weighted by Crippen LogP contribution is -2.38. The number of nitrogens with zero attached hydrogens (tertiary/aromatic N) is 2. The number of aliphatic hydroxyl groups excluding tert-OH is 1. The molecule has 0 spiro atoms. The number of rotatable bonds is 13. The quantitative estimate of drug-likeness (QED) is 0.187. The monoisotopic (exact) mass is 492 g/mol. The van der Waals surface area contributed by atoms with E-state index in [4.69, 9.17) is 9.47 Å². The Labute approximate surface area is 213 Å². The van der Waals surface area contributed by atoms with E-state index in [1.807, 2.05) is 25.1 Å². The van der Waals surface area contributed by atoms with Crippen LogP contribution in [0.3, 0.4) is 0 Å². The molecule has 1 atom stereocenters. The maximum absolute atomic E-state index is 13.3. The van der Waals surface area contributed by atoms with Crippen molar-refractivity contribution in [3.63, 3.8) is 0 Å². The highest BCUT2D eigenvalue weighted by Crippen LogP contribution is 2.40. The molecule has 2 aromatic carbocycles. The summed E-state index contributed by atoms with van der Waals surface area (Å²) in [6.45, 7) is 13.4. The van der Waals surface area contributed by atoms with Gasteiger partial charge < -0.3 is 24.4 Å². The van der Waals surface area contributed by atoms with Gasteiger partial charge in [0.1, 0.15) is 23.9 Å². The smallest absolute Gasteiger partial charge is 0.295 e. The molecule has 7 nitrogen and oxygen atoms in total. The summed E-state index contributed by atoms with van der Waals surface area (Å²) in [7, 11) is 0. The lowest BCUT2D eigenvalue weighted by molar-refractivity contribution is -0.140. The average Bonchev–Trinajstić information content (AvgIpc) is 3.16. The summed E-state index contributed by atoms with van der Waals surface area (Å²) in [5, 5.41) is 11.3. The van der Waals surface area contributed by atoms with E-state index in [9.17, 15) is 14.7 Å². The van der Waals surface area contributed by atoms with Gasteiger partial charge >= 0.3 is 0 Å². The van der Waals surface area contributed by atoms with Crippen LogP contribution in [0.15, 0.2) is 66.8 Å². The summed E-state index contributed by atoms with van der Waals surface area (Å²) < 4.78 is 11.3. The van der Waals surface area contributed by atoms with Gasteiger partial charge in [0.25, 0.3) is 11.7 Å². The lowest BCUT2D eigenvalue weighted by atomic mass is 9.95. The zero-order valence-electron chi connectivity index (χ0n) is 21.4. The van der Waals surface area contributed by atoms with Gasteiger partial charge in [-0.3, -0.25) is 9.59 Å². The van der Waals surface area contributed by atoms with Gasteiger partial charge in [-0.15, -0.1) is 0 Å². The van der Waals surface area contributed by atoms with E-state index in [1.165, 1.54) is 0 Å². The number of amides is 1. The fraction of sp³-hybridized carbons (Fsp3) is 0.379. The molecule has 1 aliphatic rings. The maximum atomic E-state index is 13.3. The van der Waals surface area contributed by atoms with Crippen molar-refractivity contribution in [2.24, 2.45) is 0 Å². The van der Waals surface area contributed by atoms with E-state index in [0.29, 0.717) is 48.9 Å². The Morgan fingerprint density at radius 1 is 1.06 bits per heavy atom. The molecule has 1 amide bonds. The van der Waals surface area contributed by atoms with Crippen LogP contribution in [0, 0.1) is 0 Å². The van der Waals surface area contributed by atoms with Crippen LogP contribution in [0.1, 0.15) is 44.4 Å². The minimum atomic E-state index is -0.733. The Balaban J connectivity index is 2.05. The fourth-order valence-electron chi connectivity index (χ4n) is 4.26. The van der Waals surface area contributed by atoms with Crippen LogP contribution in [-0.4, -0.2) is 66.0 Å². The molecule has 3 rings (SSSR count). The van der Waals surface area contributed by atoms with Crippen molar-refractivity contribution < 1.29 is 24.2 Å². The highest BCUT2D eigenvalue weighted by atomic mass is 16.5. The first-order valence-corrected chi connectivity index (χ1v) is 12.5. The highest BCUT2D eigenvalue weighted by molar-refractivity contribution is 6.46. The number of likely N-dealkylation sites (tertiary alicyclic amines) is 1. The molecule has 36 heavy (non-hydrogen) atoms. The first-order chi connectivity index (χ1) is 17.4. The summed E-state index contributed by atoms with van der Waals surface area (Å²) in [5.74, 6) is -0.242. The van der Waals surface area contributed by atoms with Crippen molar-refractivity contribution in [3.05, 3.63) is 77.9 Å². The van der Waals surface area contributed by atoms with Crippen molar-refractivity contribution in [1.82, 2.24) is 9.80 Å². The third-order valence-electron chi connectivity index (χ3n) is 6.23. The summed E-state index contributed by atoms with van der Waals surface area (Å²) in [4.78, 5) is 30.2. The average molecular weight is 493 g/mol. The molecule has 1 fully saturated rings. The molecule has 1 unspecified atom stereocenters. The van der Waals surface area contributed by atoms with Gasteiger partial charge in [-0.1, -0.05) is 45.6 Å². The van der Waals surface area contributed by atoms with Crippen LogP contribution >= 0.6 is 0 Å². The molecular weight excluding hydrogens is 456 g/mol. The van der Waals surface area contributed by atoms with Gasteiger partial charge in [0.05, 0.1) is 18.2 Å². The molecule has 192 valence electrons. The van der Waals surface area contributed by atoms with Gasteiger partial charge in [-0.05, 0) is 61.5 Å². The number of likely N-dealkylation sites (N-methyl/N-ethyl adjacent to an activating group) is 1. The predicted octanol–water partition coefficient (Wildman–Crippen LogP) is 4.80. The number of hydrogen-bond acceptors (Lipinski definition) is 6. The van der Waals surface area contributed by atoms with Crippen LogP contribution in [0.5, 0.6) is 11.5 Å². The Morgan fingerprint density at radius 3 is 2.42 bits per heavy atom. The first kappa shape index (κ1) is 27.0. The molecule has 1 saturated heterocycles. The van der Waals surface area contributed by atoms with E-state index in [-0.39, 0.29) is 11.3 Å². The van der Waals surface area contributed by atoms with Gasteiger partial charge in [-0.25, -0.2) is 0 Å². The second-order valence-electron chi connectivity index (χ2n) is 8.56. The van der Waals surface area contributed by atoms with Crippen LogP contribution in [0.2, 0.25) is 0 Å². The fourth-order valence-corrected chi connectivity index (χ4v) is 4.26. The van der Waals surface area contributed by atoms with Gasteiger partial charge in [0.2, 0.25) is 0 Å². The second kappa shape index (κ2) is 12.9. The van der Waals surface area contributed by atoms with E-state index >= 15 is 0 Å². The second-order valence-corrected chi connectivity index (χ2v) is 8.56. The number of aliphatic hydroxyl groups is 1. The van der Waals surface area contributed by atoms with Crippen molar-refractivity contribution >= 4 is 17.4 Å². The zero-order valence-corrected chi connectivity index (χ0v) is 21.4. The largest absolute Gasteiger partial charge is 0.507 e.